The summed E-state index contributed by atoms with van der Waals surface area (Å²) in [6, 6.07) is -0.413. The van der Waals surface area contributed by atoms with Crippen LogP contribution in [0.3, 0.4) is 0 Å². The minimum atomic E-state index is -1.02. The molecular weight excluding hydrogens is 308 g/mol. The molecule has 1 amide bonds. The second-order valence-corrected chi connectivity index (χ2v) is 6.41. The second kappa shape index (κ2) is 5.72. The maximum absolute atomic E-state index is 12.5. The minimum absolute atomic E-state index is 0.312. The number of nitrogens with one attached hydrogen (secondary N) is 2. The highest BCUT2D eigenvalue weighted by molar-refractivity contribution is 6.04. The molecule has 1 unspecified atom stereocenters. The van der Waals surface area contributed by atoms with Crippen molar-refractivity contribution in [2.24, 2.45) is 7.05 Å². The lowest BCUT2D eigenvalue weighted by Crippen LogP contribution is -2.47. The lowest BCUT2D eigenvalue weighted by molar-refractivity contribution is 0.0409. The summed E-state index contributed by atoms with van der Waals surface area (Å²) in [4.78, 5) is 24.3. The Balaban J connectivity index is 1.95. The van der Waals surface area contributed by atoms with Crippen LogP contribution in [0.1, 0.15) is 31.1 Å². The smallest absolute Gasteiger partial charge is 0.255 e. The number of fused-ring (bicyclic) bond motifs is 1. The van der Waals surface area contributed by atoms with E-state index in [-0.39, 0.29) is 5.91 Å². The van der Waals surface area contributed by atoms with Crippen LogP contribution >= 0.6 is 0 Å². The monoisotopic (exact) mass is 328 g/mol. The van der Waals surface area contributed by atoms with Crippen molar-refractivity contribution in [2.75, 3.05) is 0 Å². The molecule has 3 aromatic heterocycles. The Morgan fingerprint density at radius 1 is 1.42 bits per heavy atom. The molecule has 0 saturated heterocycles. The molecule has 3 rings (SSSR count). The van der Waals surface area contributed by atoms with Gasteiger partial charge in [0.2, 0.25) is 0 Å². The third kappa shape index (κ3) is 3.00. The number of aromatic amines is 1. The Hall–Kier alpha value is -2.74. The molecule has 0 aliphatic rings. The van der Waals surface area contributed by atoms with E-state index in [1.165, 1.54) is 0 Å². The molecule has 8 nitrogen and oxygen atoms in total. The molecule has 0 aromatic carbocycles. The van der Waals surface area contributed by atoms with Crippen LogP contribution in [-0.2, 0) is 7.05 Å². The van der Waals surface area contributed by atoms with E-state index < -0.39 is 11.6 Å². The molecule has 0 bridgehead atoms. The summed E-state index contributed by atoms with van der Waals surface area (Å²) in [7, 11) is 1.82. The van der Waals surface area contributed by atoms with Gasteiger partial charge in [0, 0.05) is 25.0 Å². The van der Waals surface area contributed by atoms with Gasteiger partial charge in [-0.1, -0.05) is 0 Å². The minimum Gasteiger partial charge on any atom is -0.388 e. The zero-order valence-corrected chi connectivity index (χ0v) is 14.0. The Bertz CT molecular complexity index is 889. The van der Waals surface area contributed by atoms with Gasteiger partial charge in [-0.15, -0.1) is 0 Å². The van der Waals surface area contributed by atoms with Crippen molar-refractivity contribution in [3.63, 3.8) is 0 Å². The van der Waals surface area contributed by atoms with E-state index in [2.05, 4.69) is 25.4 Å². The fraction of sp³-hybridized carbons (Fsp3) is 0.375. The number of aryl methyl sites for hydroxylation is 1. The third-order valence-electron chi connectivity index (χ3n) is 4.03. The zero-order valence-electron chi connectivity index (χ0n) is 14.0. The summed E-state index contributed by atoms with van der Waals surface area (Å²) >= 11 is 0. The number of aliphatic hydroxyl groups is 1. The number of aromatic nitrogens is 5. The first-order valence-electron chi connectivity index (χ1n) is 7.62. The summed E-state index contributed by atoms with van der Waals surface area (Å²) in [5.41, 5.74) is 1.85. The number of H-pyrrole nitrogens is 1. The van der Waals surface area contributed by atoms with Crippen molar-refractivity contribution >= 4 is 17.1 Å². The van der Waals surface area contributed by atoms with Crippen LogP contribution in [0.5, 0.6) is 0 Å². The van der Waals surface area contributed by atoms with E-state index in [0.717, 1.165) is 5.56 Å². The average Bonchev–Trinajstić information content (AvgIpc) is 3.11. The standard InChI is InChI=1S/C16H20N6O2/c1-9(16(2,3)24)20-15(23)11-6-17-14-13(11)21-12(7-18-14)10-5-19-22(4)8-10/h5-9,24H,1-4H3,(H,17,18)(H,20,23). The molecule has 8 heteroatoms. The van der Waals surface area contributed by atoms with E-state index in [9.17, 15) is 9.90 Å². The van der Waals surface area contributed by atoms with Crippen LogP contribution in [0.2, 0.25) is 0 Å². The molecule has 24 heavy (non-hydrogen) atoms. The molecule has 3 aromatic rings. The number of hydrogen-bond acceptors (Lipinski definition) is 5. The number of carbonyl (C=O) groups excluding carboxylic acids is 1. The van der Waals surface area contributed by atoms with Crippen molar-refractivity contribution in [1.82, 2.24) is 30.0 Å². The molecule has 0 fully saturated rings. The van der Waals surface area contributed by atoms with Gasteiger partial charge < -0.3 is 15.4 Å². The molecule has 0 aliphatic carbocycles. The number of carbonyl (C=O) groups is 1. The van der Waals surface area contributed by atoms with Crippen LogP contribution in [0.25, 0.3) is 22.4 Å². The Morgan fingerprint density at radius 3 is 2.79 bits per heavy atom. The van der Waals surface area contributed by atoms with Crippen molar-refractivity contribution in [1.29, 1.82) is 0 Å². The predicted molar refractivity (Wildman–Crippen MR) is 89.3 cm³/mol. The Morgan fingerprint density at radius 2 is 2.17 bits per heavy atom. The maximum Gasteiger partial charge on any atom is 0.255 e. The molecule has 126 valence electrons. The molecule has 3 N–H and O–H groups in total. The molecule has 0 aliphatic heterocycles. The first kappa shape index (κ1) is 16.1. The van der Waals surface area contributed by atoms with Crippen LogP contribution in [0, 0.1) is 0 Å². The molecule has 3 heterocycles. The van der Waals surface area contributed by atoms with Gasteiger partial charge in [-0.05, 0) is 20.8 Å². The highest BCUT2D eigenvalue weighted by atomic mass is 16.3. The highest BCUT2D eigenvalue weighted by Crippen LogP contribution is 2.21. The maximum atomic E-state index is 12.5. The van der Waals surface area contributed by atoms with E-state index in [1.807, 2.05) is 13.2 Å². The number of nitrogens with zero attached hydrogens (tertiary/aromatic N) is 4. The van der Waals surface area contributed by atoms with Gasteiger partial charge in [0.05, 0.1) is 35.3 Å². The fourth-order valence-corrected chi connectivity index (χ4v) is 2.21. The Labute approximate surface area is 138 Å². The molecule has 0 spiro atoms. The van der Waals surface area contributed by atoms with Crippen molar-refractivity contribution in [3.05, 3.63) is 30.4 Å². The topological polar surface area (TPSA) is 109 Å². The first-order chi connectivity index (χ1) is 11.3. The molecule has 0 radical (unpaired) electrons. The number of hydrogen-bond donors (Lipinski definition) is 3. The van der Waals surface area contributed by atoms with Crippen LogP contribution in [0.4, 0.5) is 0 Å². The molecule has 0 saturated carbocycles. The second-order valence-electron chi connectivity index (χ2n) is 6.41. The van der Waals surface area contributed by atoms with Crippen molar-refractivity contribution in [2.45, 2.75) is 32.4 Å². The SMILES string of the molecule is CC(NC(=O)c1c[nH]c2ncc(-c3cnn(C)c3)nc12)C(C)(C)O. The first-order valence-corrected chi connectivity index (χ1v) is 7.62. The van der Waals surface area contributed by atoms with Gasteiger partial charge >= 0.3 is 0 Å². The average molecular weight is 328 g/mol. The quantitative estimate of drug-likeness (QED) is 0.668. The number of amides is 1. The molecule has 1 atom stereocenters. The van der Waals surface area contributed by atoms with Crippen molar-refractivity contribution < 1.29 is 9.90 Å². The van der Waals surface area contributed by atoms with E-state index in [4.69, 9.17) is 0 Å². The fourth-order valence-electron chi connectivity index (χ4n) is 2.21. The summed E-state index contributed by atoms with van der Waals surface area (Å²) in [5.74, 6) is -0.312. The summed E-state index contributed by atoms with van der Waals surface area (Å²) in [5, 5.41) is 16.9. The predicted octanol–water partition coefficient (Wildman–Crippen LogP) is 1.25. The van der Waals surface area contributed by atoms with Gasteiger partial charge in [-0.25, -0.2) is 9.97 Å². The van der Waals surface area contributed by atoms with E-state index in [0.29, 0.717) is 22.4 Å². The highest BCUT2D eigenvalue weighted by Gasteiger charge is 2.25. The number of rotatable bonds is 4. The van der Waals surface area contributed by atoms with E-state index in [1.54, 1.807) is 44.0 Å². The normalized spacial score (nSPS) is 13.2. The van der Waals surface area contributed by atoms with Gasteiger partial charge in [0.25, 0.3) is 5.91 Å². The van der Waals surface area contributed by atoms with Crippen LogP contribution in [0.15, 0.2) is 24.8 Å². The van der Waals surface area contributed by atoms with Crippen molar-refractivity contribution in [3.8, 4) is 11.3 Å². The van der Waals surface area contributed by atoms with Gasteiger partial charge in [-0.2, -0.15) is 5.10 Å². The Kier molecular flexibility index (Phi) is 3.84. The van der Waals surface area contributed by atoms with Gasteiger partial charge in [0.1, 0.15) is 5.52 Å². The summed E-state index contributed by atoms with van der Waals surface area (Å²) in [6.07, 6.45) is 6.73. The summed E-state index contributed by atoms with van der Waals surface area (Å²) in [6.45, 7) is 5.04. The third-order valence-corrected chi connectivity index (χ3v) is 4.03. The lowest BCUT2D eigenvalue weighted by Gasteiger charge is -2.26. The largest absolute Gasteiger partial charge is 0.388 e. The zero-order chi connectivity index (χ0) is 17.5. The summed E-state index contributed by atoms with van der Waals surface area (Å²) < 4.78 is 1.68. The van der Waals surface area contributed by atoms with Crippen LogP contribution in [-0.4, -0.2) is 47.4 Å². The molecular formula is C16H20N6O2. The van der Waals surface area contributed by atoms with Gasteiger partial charge in [-0.3, -0.25) is 9.48 Å². The van der Waals surface area contributed by atoms with Gasteiger partial charge in [0.15, 0.2) is 5.65 Å². The lowest BCUT2D eigenvalue weighted by atomic mass is 10.0. The van der Waals surface area contributed by atoms with Crippen LogP contribution < -0.4 is 5.32 Å². The van der Waals surface area contributed by atoms with E-state index >= 15 is 0 Å².